The van der Waals surface area contributed by atoms with Crippen LogP contribution >= 0.6 is 12.2 Å². The lowest BCUT2D eigenvalue weighted by atomic mass is 10.2. The van der Waals surface area contributed by atoms with Gasteiger partial charge in [-0.2, -0.15) is 0 Å². The second-order valence-corrected chi connectivity index (χ2v) is 4.85. The minimum Gasteiger partial charge on any atom is -0.389 e. The number of rotatable bonds is 4. The van der Waals surface area contributed by atoms with Gasteiger partial charge in [-0.15, -0.1) is 0 Å². The predicted molar refractivity (Wildman–Crippen MR) is 81.2 cm³/mol. The van der Waals surface area contributed by atoms with Gasteiger partial charge in [0.15, 0.2) is 0 Å². The molecule has 0 aliphatic heterocycles. The Kier molecular flexibility index (Phi) is 4.06. The number of aromatic nitrogens is 2. The maximum atomic E-state index is 5.64. The third-order valence-electron chi connectivity index (χ3n) is 2.68. The van der Waals surface area contributed by atoms with Crippen molar-refractivity contribution in [2.75, 3.05) is 5.32 Å². The van der Waals surface area contributed by atoms with Crippen molar-refractivity contribution in [1.29, 1.82) is 0 Å². The first-order valence-electron chi connectivity index (χ1n) is 5.98. The van der Waals surface area contributed by atoms with Crippen molar-refractivity contribution in [3.8, 4) is 0 Å². The largest absolute Gasteiger partial charge is 0.389 e. The number of pyridine rings is 2. The van der Waals surface area contributed by atoms with Crippen molar-refractivity contribution in [3.05, 3.63) is 53.0 Å². The summed E-state index contributed by atoms with van der Waals surface area (Å²) < 4.78 is 0. The van der Waals surface area contributed by atoms with E-state index in [9.17, 15) is 0 Å². The highest BCUT2D eigenvalue weighted by Crippen LogP contribution is 2.11. The van der Waals surface area contributed by atoms with Gasteiger partial charge in [-0.05, 0) is 37.6 Å². The van der Waals surface area contributed by atoms with Gasteiger partial charge in [0.25, 0.3) is 0 Å². The molecule has 0 amide bonds. The van der Waals surface area contributed by atoms with Crippen molar-refractivity contribution in [1.82, 2.24) is 9.97 Å². The Morgan fingerprint density at radius 2 is 2.05 bits per heavy atom. The van der Waals surface area contributed by atoms with E-state index in [2.05, 4.69) is 15.3 Å². The molecule has 2 heterocycles. The number of hydrogen-bond acceptors (Lipinski definition) is 4. The van der Waals surface area contributed by atoms with Crippen LogP contribution in [0.15, 0.2) is 30.5 Å². The van der Waals surface area contributed by atoms with Gasteiger partial charge in [-0.25, -0.2) is 4.98 Å². The van der Waals surface area contributed by atoms with E-state index in [0.717, 1.165) is 28.3 Å². The molecule has 0 unspecified atom stereocenters. The smallest absolute Gasteiger partial charge is 0.127 e. The Balaban J connectivity index is 2.11. The molecule has 0 saturated carbocycles. The minimum atomic E-state index is 0.380. The summed E-state index contributed by atoms with van der Waals surface area (Å²) in [4.78, 5) is 9.04. The molecule has 2 rings (SSSR count). The van der Waals surface area contributed by atoms with E-state index < -0.39 is 0 Å². The summed E-state index contributed by atoms with van der Waals surface area (Å²) in [5, 5.41) is 3.25. The Labute approximate surface area is 118 Å². The molecular weight excluding hydrogens is 256 g/mol. The highest BCUT2D eigenvalue weighted by molar-refractivity contribution is 7.80. The lowest BCUT2D eigenvalue weighted by molar-refractivity contribution is 1.06. The second-order valence-electron chi connectivity index (χ2n) is 4.41. The summed E-state index contributed by atoms with van der Waals surface area (Å²) in [5.41, 5.74) is 9.46. The second kappa shape index (κ2) is 5.75. The average molecular weight is 272 g/mol. The van der Waals surface area contributed by atoms with Gasteiger partial charge in [0.05, 0.1) is 0 Å². The van der Waals surface area contributed by atoms with Crippen LogP contribution in [0.3, 0.4) is 0 Å². The maximum absolute atomic E-state index is 5.64. The van der Waals surface area contributed by atoms with Crippen molar-refractivity contribution in [3.63, 3.8) is 0 Å². The highest BCUT2D eigenvalue weighted by Gasteiger charge is 2.02. The van der Waals surface area contributed by atoms with Crippen LogP contribution in [0.4, 0.5) is 5.82 Å². The summed E-state index contributed by atoms with van der Waals surface area (Å²) in [7, 11) is 0. The van der Waals surface area contributed by atoms with Crippen LogP contribution in [-0.4, -0.2) is 15.0 Å². The van der Waals surface area contributed by atoms with Crippen LogP contribution in [-0.2, 0) is 6.54 Å². The molecule has 0 atom stereocenters. The molecule has 3 N–H and O–H groups in total. The quantitative estimate of drug-likeness (QED) is 0.836. The number of nitrogens with two attached hydrogens (primary N) is 1. The standard InChI is InChI=1S/C14H16N4S/c1-9-3-4-11(7-16-9)8-17-13-6-12(14(15)19)5-10(2)18-13/h3-7H,8H2,1-2H3,(H2,15,19)(H,17,18). The van der Waals surface area contributed by atoms with Gasteiger partial charge in [0.1, 0.15) is 10.8 Å². The molecule has 4 nitrogen and oxygen atoms in total. The number of anilines is 1. The van der Waals surface area contributed by atoms with Gasteiger partial charge in [-0.3, -0.25) is 4.98 Å². The van der Waals surface area contributed by atoms with Gasteiger partial charge < -0.3 is 11.1 Å². The van der Waals surface area contributed by atoms with Crippen molar-refractivity contribution in [2.24, 2.45) is 5.73 Å². The van der Waals surface area contributed by atoms with Crippen LogP contribution in [0, 0.1) is 13.8 Å². The van der Waals surface area contributed by atoms with Crippen molar-refractivity contribution in [2.45, 2.75) is 20.4 Å². The van der Waals surface area contributed by atoms with Gasteiger partial charge in [-0.1, -0.05) is 18.3 Å². The van der Waals surface area contributed by atoms with Crippen LogP contribution in [0.5, 0.6) is 0 Å². The lowest BCUT2D eigenvalue weighted by Crippen LogP contribution is -2.11. The molecule has 98 valence electrons. The zero-order chi connectivity index (χ0) is 13.8. The first-order chi connectivity index (χ1) is 9.04. The van der Waals surface area contributed by atoms with Crippen LogP contribution in [0.1, 0.15) is 22.5 Å². The van der Waals surface area contributed by atoms with E-state index in [1.807, 2.05) is 44.3 Å². The minimum absolute atomic E-state index is 0.380. The average Bonchev–Trinajstić information content (AvgIpc) is 2.37. The van der Waals surface area contributed by atoms with E-state index >= 15 is 0 Å². The SMILES string of the molecule is Cc1ccc(CNc2cc(C(N)=S)cc(C)n2)cn1. The Hall–Kier alpha value is -2.01. The third-order valence-corrected chi connectivity index (χ3v) is 2.92. The molecule has 0 spiro atoms. The Bertz CT molecular complexity index is 593. The fourth-order valence-corrected chi connectivity index (χ4v) is 1.81. The summed E-state index contributed by atoms with van der Waals surface area (Å²) in [6, 6.07) is 7.76. The number of hydrogen-bond donors (Lipinski definition) is 2. The first kappa shape index (κ1) is 13.4. The zero-order valence-electron chi connectivity index (χ0n) is 11.0. The molecule has 0 aliphatic carbocycles. The topological polar surface area (TPSA) is 63.8 Å². The molecule has 0 saturated heterocycles. The molecule has 0 radical (unpaired) electrons. The number of thiocarbonyl (C=S) groups is 1. The number of nitrogens with zero attached hydrogens (tertiary/aromatic N) is 2. The molecule has 0 bridgehead atoms. The lowest BCUT2D eigenvalue weighted by Gasteiger charge is -2.08. The third kappa shape index (κ3) is 3.72. The summed E-state index contributed by atoms with van der Waals surface area (Å²) in [6.07, 6.45) is 1.85. The van der Waals surface area contributed by atoms with Crippen LogP contribution in [0.2, 0.25) is 0 Å². The van der Waals surface area contributed by atoms with E-state index in [-0.39, 0.29) is 0 Å². The monoisotopic (exact) mass is 272 g/mol. The van der Waals surface area contributed by atoms with Gasteiger partial charge >= 0.3 is 0 Å². The summed E-state index contributed by atoms with van der Waals surface area (Å²) in [6.45, 7) is 4.55. The van der Waals surface area contributed by atoms with E-state index in [1.165, 1.54) is 0 Å². The highest BCUT2D eigenvalue weighted by atomic mass is 32.1. The van der Waals surface area contributed by atoms with Gasteiger partial charge in [0, 0.05) is 29.7 Å². The van der Waals surface area contributed by atoms with E-state index in [0.29, 0.717) is 11.5 Å². The Morgan fingerprint density at radius 3 is 2.68 bits per heavy atom. The Morgan fingerprint density at radius 1 is 1.26 bits per heavy atom. The normalized spacial score (nSPS) is 10.2. The summed E-state index contributed by atoms with van der Waals surface area (Å²) >= 11 is 4.99. The fourth-order valence-electron chi connectivity index (χ4n) is 1.70. The molecule has 2 aromatic rings. The summed E-state index contributed by atoms with van der Waals surface area (Å²) in [5.74, 6) is 0.767. The first-order valence-corrected chi connectivity index (χ1v) is 6.39. The molecule has 2 aromatic heterocycles. The molecular formula is C14H16N4S. The van der Waals surface area contributed by atoms with E-state index in [4.69, 9.17) is 18.0 Å². The molecule has 0 fully saturated rings. The molecule has 19 heavy (non-hydrogen) atoms. The zero-order valence-corrected chi connectivity index (χ0v) is 11.8. The van der Waals surface area contributed by atoms with E-state index in [1.54, 1.807) is 0 Å². The van der Waals surface area contributed by atoms with Crippen LogP contribution in [0.25, 0.3) is 0 Å². The van der Waals surface area contributed by atoms with Crippen molar-refractivity contribution >= 4 is 23.0 Å². The maximum Gasteiger partial charge on any atom is 0.127 e. The molecule has 0 aliphatic rings. The van der Waals surface area contributed by atoms with Crippen LogP contribution < -0.4 is 11.1 Å². The fraction of sp³-hybridized carbons (Fsp3) is 0.214. The predicted octanol–water partition coefficient (Wildman–Crippen LogP) is 2.34. The number of aryl methyl sites for hydroxylation is 2. The molecule has 0 aromatic carbocycles. The number of nitrogens with one attached hydrogen (secondary N) is 1. The van der Waals surface area contributed by atoms with Gasteiger partial charge in [0.2, 0.25) is 0 Å². The molecule has 5 heteroatoms. The van der Waals surface area contributed by atoms with Crippen molar-refractivity contribution < 1.29 is 0 Å².